The summed E-state index contributed by atoms with van der Waals surface area (Å²) < 4.78 is 7.75. The third-order valence-electron chi connectivity index (χ3n) is 5.34. The van der Waals surface area contributed by atoms with Gasteiger partial charge in [-0.1, -0.05) is 31.7 Å². The van der Waals surface area contributed by atoms with Gasteiger partial charge in [-0.2, -0.15) is 0 Å². The van der Waals surface area contributed by atoms with Crippen molar-refractivity contribution in [2.45, 2.75) is 51.7 Å². The monoisotopic (exact) mass is 388 g/mol. The number of aryl methyl sites for hydroxylation is 2. The van der Waals surface area contributed by atoms with E-state index in [1.807, 2.05) is 0 Å². The Labute approximate surface area is 167 Å². The van der Waals surface area contributed by atoms with Crippen LogP contribution in [0.2, 0.25) is 0 Å². The van der Waals surface area contributed by atoms with Crippen molar-refractivity contribution in [3.63, 3.8) is 0 Å². The van der Waals surface area contributed by atoms with E-state index in [4.69, 9.17) is 4.74 Å². The summed E-state index contributed by atoms with van der Waals surface area (Å²) in [7, 11) is 0. The summed E-state index contributed by atoms with van der Waals surface area (Å²) in [6, 6.07) is 4.61. The third-order valence-corrected chi connectivity index (χ3v) is 6.00. The van der Waals surface area contributed by atoms with Gasteiger partial charge in [0.15, 0.2) is 11.0 Å². The zero-order valence-corrected chi connectivity index (χ0v) is 18.1. The SMILES string of the molecule is CSc1nnc(-c2cc(C(C)C)c(C)cc2C)n1CCCN1CCOCC1. The number of hydrogen-bond donors (Lipinski definition) is 0. The molecule has 5 nitrogen and oxygen atoms in total. The molecule has 2 aromatic rings. The molecule has 1 aromatic carbocycles. The molecule has 6 heteroatoms. The summed E-state index contributed by atoms with van der Waals surface area (Å²) in [6.07, 6.45) is 3.17. The molecular formula is C21H32N4OS. The van der Waals surface area contributed by atoms with Gasteiger partial charge in [0, 0.05) is 31.7 Å². The van der Waals surface area contributed by atoms with Crippen molar-refractivity contribution < 1.29 is 4.74 Å². The van der Waals surface area contributed by atoms with Crippen LogP contribution in [-0.2, 0) is 11.3 Å². The van der Waals surface area contributed by atoms with Crippen molar-refractivity contribution >= 4 is 11.8 Å². The summed E-state index contributed by atoms with van der Waals surface area (Å²) in [5, 5.41) is 10.0. The molecule has 0 bridgehead atoms. The van der Waals surface area contributed by atoms with Gasteiger partial charge in [-0.15, -0.1) is 10.2 Å². The standard InChI is InChI=1S/C21H32N4OS/c1-15(2)18-14-19(17(4)13-16(18)3)20-22-23-21(27-5)25(20)8-6-7-24-9-11-26-12-10-24/h13-15H,6-12H2,1-5H3. The first-order valence-corrected chi connectivity index (χ1v) is 11.1. The molecule has 2 heterocycles. The van der Waals surface area contributed by atoms with Crippen molar-refractivity contribution in [3.05, 3.63) is 28.8 Å². The summed E-state index contributed by atoms with van der Waals surface area (Å²) >= 11 is 1.67. The minimum absolute atomic E-state index is 0.502. The number of benzene rings is 1. The molecular weight excluding hydrogens is 356 g/mol. The Balaban J connectivity index is 1.84. The average molecular weight is 389 g/mol. The largest absolute Gasteiger partial charge is 0.379 e. The molecule has 0 N–H and O–H groups in total. The zero-order valence-electron chi connectivity index (χ0n) is 17.3. The van der Waals surface area contributed by atoms with Crippen molar-refractivity contribution in [3.8, 4) is 11.4 Å². The van der Waals surface area contributed by atoms with Crippen molar-refractivity contribution in [2.75, 3.05) is 39.1 Å². The van der Waals surface area contributed by atoms with Gasteiger partial charge in [0.1, 0.15) is 0 Å². The molecule has 0 saturated carbocycles. The van der Waals surface area contributed by atoms with E-state index in [-0.39, 0.29) is 0 Å². The molecule has 0 radical (unpaired) electrons. The van der Waals surface area contributed by atoms with E-state index >= 15 is 0 Å². The molecule has 1 aliphatic rings. The normalized spacial score (nSPS) is 15.6. The fraction of sp³-hybridized carbons (Fsp3) is 0.619. The van der Waals surface area contributed by atoms with Gasteiger partial charge in [0.2, 0.25) is 0 Å². The summed E-state index contributed by atoms with van der Waals surface area (Å²) in [5.74, 6) is 1.50. The molecule has 148 valence electrons. The van der Waals surface area contributed by atoms with E-state index in [0.29, 0.717) is 5.92 Å². The van der Waals surface area contributed by atoms with E-state index in [0.717, 1.165) is 56.8 Å². The van der Waals surface area contributed by atoms with Gasteiger partial charge in [0.25, 0.3) is 0 Å². The van der Waals surface area contributed by atoms with Gasteiger partial charge in [-0.05, 0) is 55.2 Å². The summed E-state index contributed by atoms with van der Waals surface area (Å²) in [4.78, 5) is 2.49. The predicted octanol–water partition coefficient (Wildman–Crippen LogP) is 4.13. The first-order valence-electron chi connectivity index (χ1n) is 9.90. The van der Waals surface area contributed by atoms with E-state index in [1.165, 1.54) is 22.3 Å². The molecule has 1 aliphatic heterocycles. The number of nitrogens with zero attached hydrogens (tertiary/aromatic N) is 4. The number of hydrogen-bond acceptors (Lipinski definition) is 5. The first-order chi connectivity index (χ1) is 13.0. The van der Waals surface area contributed by atoms with Crippen molar-refractivity contribution in [1.29, 1.82) is 0 Å². The molecule has 0 atom stereocenters. The second-order valence-electron chi connectivity index (χ2n) is 7.65. The van der Waals surface area contributed by atoms with Crippen LogP contribution in [0, 0.1) is 13.8 Å². The Bertz CT molecular complexity index is 766. The number of morpholine rings is 1. The molecule has 1 saturated heterocycles. The summed E-state index contributed by atoms with van der Waals surface area (Å²) in [6.45, 7) is 14.7. The second-order valence-corrected chi connectivity index (χ2v) is 8.42. The predicted molar refractivity (Wildman–Crippen MR) is 113 cm³/mol. The molecule has 1 aromatic heterocycles. The van der Waals surface area contributed by atoms with E-state index in [2.05, 4.69) is 65.7 Å². The van der Waals surface area contributed by atoms with Crippen LogP contribution in [-0.4, -0.2) is 58.8 Å². The molecule has 0 amide bonds. The highest BCUT2D eigenvalue weighted by molar-refractivity contribution is 7.98. The van der Waals surface area contributed by atoms with Crippen LogP contribution in [0.25, 0.3) is 11.4 Å². The lowest BCUT2D eigenvalue weighted by atomic mass is 9.93. The number of thioether (sulfide) groups is 1. The minimum atomic E-state index is 0.502. The van der Waals surface area contributed by atoms with Crippen LogP contribution in [0.4, 0.5) is 0 Å². The van der Waals surface area contributed by atoms with E-state index < -0.39 is 0 Å². The fourth-order valence-electron chi connectivity index (χ4n) is 3.85. The lowest BCUT2D eigenvalue weighted by Gasteiger charge is -2.26. The number of rotatable bonds is 7. The maximum absolute atomic E-state index is 5.45. The van der Waals surface area contributed by atoms with Gasteiger partial charge in [-0.25, -0.2) is 0 Å². The lowest BCUT2D eigenvalue weighted by molar-refractivity contribution is 0.0369. The molecule has 3 rings (SSSR count). The number of ether oxygens (including phenoxy) is 1. The highest BCUT2D eigenvalue weighted by atomic mass is 32.2. The van der Waals surface area contributed by atoms with Crippen molar-refractivity contribution in [1.82, 2.24) is 19.7 Å². The topological polar surface area (TPSA) is 43.2 Å². The smallest absolute Gasteiger partial charge is 0.191 e. The molecule has 1 fully saturated rings. The van der Waals surface area contributed by atoms with Crippen molar-refractivity contribution in [2.24, 2.45) is 0 Å². The first kappa shape index (κ1) is 20.4. The minimum Gasteiger partial charge on any atom is -0.379 e. The second kappa shape index (κ2) is 9.22. The Hall–Kier alpha value is -1.37. The number of aromatic nitrogens is 3. The maximum Gasteiger partial charge on any atom is 0.191 e. The van der Waals surface area contributed by atoms with Gasteiger partial charge < -0.3 is 9.30 Å². The van der Waals surface area contributed by atoms with E-state index in [1.54, 1.807) is 11.8 Å². The van der Waals surface area contributed by atoms with Crippen LogP contribution in [0.1, 0.15) is 42.9 Å². The van der Waals surface area contributed by atoms with Crippen LogP contribution in [0.3, 0.4) is 0 Å². The van der Waals surface area contributed by atoms with Crippen LogP contribution in [0.5, 0.6) is 0 Å². The molecule has 0 spiro atoms. The Morgan fingerprint density at radius 1 is 1.07 bits per heavy atom. The Kier molecular flexibility index (Phi) is 6.95. The van der Waals surface area contributed by atoms with Gasteiger partial charge >= 0.3 is 0 Å². The highest BCUT2D eigenvalue weighted by Gasteiger charge is 2.18. The van der Waals surface area contributed by atoms with Gasteiger partial charge in [0.05, 0.1) is 13.2 Å². The zero-order chi connectivity index (χ0) is 19.4. The molecule has 0 aliphatic carbocycles. The maximum atomic E-state index is 5.45. The highest BCUT2D eigenvalue weighted by Crippen LogP contribution is 2.31. The Morgan fingerprint density at radius 3 is 2.48 bits per heavy atom. The third kappa shape index (κ3) is 4.73. The van der Waals surface area contributed by atoms with Crippen LogP contribution >= 0.6 is 11.8 Å². The fourth-order valence-corrected chi connectivity index (χ4v) is 4.37. The quantitative estimate of drug-likeness (QED) is 0.667. The molecule has 0 unspecified atom stereocenters. The lowest BCUT2D eigenvalue weighted by Crippen LogP contribution is -2.37. The van der Waals surface area contributed by atoms with Gasteiger partial charge in [-0.3, -0.25) is 4.90 Å². The summed E-state index contributed by atoms with van der Waals surface area (Å²) in [5.41, 5.74) is 5.23. The van der Waals surface area contributed by atoms with Crippen LogP contribution in [0.15, 0.2) is 17.3 Å². The van der Waals surface area contributed by atoms with Crippen LogP contribution < -0.4 is 0 Å². The van der Waals surface area contributed by atoms with E-state index in [9.17, 15) is 0 Å². The molecule has 27 heavy (non-hydrogen) atoms. The Morgan fingerprint density at radius 2 is 1.81 bits per heavy atom. The average Bonchev–Trinajstić information content (AvgIpc) is 3.05.